The second-order valence-corrected chi connectivity index (χ2v) is 14.0. The van der Waals surface area contributed by atoms with E-state index in [1.54, 1.807) is 35.6 Å². The maximum absolute atomic E-state index is 9.87. The van der Waals surface area contributed by atoms with Crippen molar-refractivity contribution in [2.45, 2.75) is 0 Å². The molecule has 57 heavy (non-hydrogen) atoms. The van der Waals surface area contributed by atoms with Crippen LogP contribution in [0.2, 0.25) is 0 Å². The van der Waals surface area contributed by atoms with Gasteiger partial charge in [0.15, 0.2) is 5.82 Å². The van der Waals surface area contributed by atoms with Gasteiger partial charge in [-0.1, -0.05) is 157 Å². The molecule has 6 heteroatoms. The number of benzene rings is 8. The highest BCUT2D eigenvalue weighted by Crippen LogP contribution is 2.41. The Morgan fingerprint density at radius 1 is 0.404 bits per heavy atom. The van der Waals surface area contributed by atoms with Gasteiger partial charge >= 0.3 is 0 Å². The molecule has 0 unspecified atom stereocenters. The number of para-hydroxylation sites is 3. The second kappa shape index (κ2) is 12.6. The van der Waals surface area contributed by atoms with Crippen LogP contribution in [-0.2, 0) is 0 Å². The van der Waals surface area contributed by atoms with Crippen LogP contribution in [0, 0.1) is 0 Å². The Balaban J connectivity index is 1.25. The topological polar surface area (TPSA) is 48.5 Å². The first-order valence-electron chi connectivity index (χ1n) is 27.5. The number of hydrogen-bond acceptors (Lipinski definition) is 4. The van der Waals surface area contributed by atoms with Crippen LogP contribution in [0.4, 0.5) is 0 Å². The summed E-state index contributed by atoms with van der Waals surface area (Å²) in [6.07, 6.45) is 0. The number of rotatable bonds is 5. The van der Waals surface area contributed by atoms with Crippen molar-refractivity contribution in [3.63, 3.8) is 0 Å². The molecular weight excluding hydrogens is 715 g/mol. The molecule has 4 aromatic heterocycles. The normalized spacial score (nSPS) is 16.8. The summed E-state index contributed by atoms with van der Waals surface area (Å²) < 4.78 is 183. The number of nitrogens with zero attached hydrogens (tertiary/aromatic N) is 5. The third-order valence-electron chi connectivity index (χ3n) is 9.81. The minimum atomic E-state index is -0.819. The lowest BCUT2D eigenvalue weighted by atomic mass is 10.0. The fraction of sp³-hybridized carbons (Fsp3) is 0. The fourth-order valence-electron chi connectivity index (χ4n) is 7.29. The first kappa shape index (κ1) is 18.0. The molecule has 0 spiro atoms. The van der Waals surface area contributed by atoms with Gasteiger partial charge in [0.05, 0.1) is 49.5 Å². The van der Waals surface area contributed by atoms with E-state index in [1.165, 1.54) is 0 Å². The van der Waals surface area contributed by atoms with Gasteiger partial charge in [0, 0.05) is 47.3 Å². The molecule has 0 atom stereocenters. The van der Waals surface area contributed by atoms with E-state index in [0.29, 0.717) is 0 Å². The lowest BCUT2D eigenvalue weighted by Gasteiger charge is -2.13. The molecule has 0 N–H and O–H groups in total. The summed E-state index contributed by atoms with van der Waals surface area (Å²) in [5, 5.41) is 0.716. The van der Waals surface area contributed by atoms with Gasteiger partial charge in [-0.05, 0) is 52.5 Å². The van der Waals surface area contributed by atoms with Gasteiger partial charge in [-0.2, -0.15) is 15.0 Å². The van der Waals surface area contributed by atoms with Crippen LogP contribution < -0.4 is 0 Å². The number of hydrogen-bond donors (Lipinski definition) is 0. The lowest BCUT2D eigenvalue weighted by Crippen LogP contribution is -2.10. The zero-order valence-electron chi connectivity index (χ0n) is 49.0. The van der Waals surface area contributed by atoms with Crippen molar-refractivity contribution in [1.29, 1.82) is 0 Å². The average Bonchev–Trinajstić information content (AvgIpc) is 4.31. The molecule has 12 rings (SSSR count). The lowest BCUT2D eigenvalue weighted by molar-refractivity contribution is 0.893. The standard InChI is InChI=1S/C51H31N5S/c1-2-13-32(14-3-1)35-29-30-40-39-17-6-10-23-45(39)56(46(40)31-35)51-53-49(52-50(54-51)55-43-21-8-4-15-37(43)38-16-5-9-22-44(38)55)34-27-25-33(26-28-34)36-19-12-20-42-41-18-7-11-24-47(41)57-48(36)42/h1-31H/i1D,2D,3D,4D,5D,6D,8D,9D,10D,13D,14D,15D,16D,17D,21D,22D,23D,29D,30D,31D. The summed E-state index contributed by atoms with van der Waals surface area (Å²) >= 11 is 1.62. The van der Waals surface area contributed by atoms with Crippen molar-refractivity contribution >= 4 is 75.1 Å². The minimum Gasteiger partial charge on any atom is -0.278 e. The molecule has 0 aliphatic carbocycles. The van der Waals surface area contributed by atoms with Crippen molar-refractivity contribution in [1.82, 2.24) is 24.1 Å². The number of aromatic nitrogens is 5. The maximum Gasteiger partial charge on any atom is 0.240 e. The Labute approximate surface area is 359 Å². The summed E-state index contributed by atoms with van der Waals surface area (Å²) in [5.41, 5.74) is -0.999. The molecule has 12 aromatic rings. The highest BCUT2D eigenvalue weighted by molar-refractivity contribution is 7.26. The molecule has 0 amide bonds. The highest BCUT2D eigenvalue weighted by Gasteiger charge is 2.21. The van der Waals surface area contributed by atoms with Crippen LogP contribution in [0.15, 0.2) is 188 Å². The van der Waals surface area contributed by atoms with Crippen molar-refractivity contribution in [3.8, 4) is 45.5 Å². The van der Waals surface area contributed by atoms with Crippen LogP contribution in [0.1, 0.15) is 27.4 Å². The van der Waals surface area contributed by atoms with Gasteiger partial charge in [-0.3, -0.25) is 9.13 Å². The molecule has 0 radical (unpaired) electrons. The predicted octanol–water partition coefficient (Wildman–Crippen LogP) is 13.4. The third-order valence-corrected chi connectivity index (χ3v) is 11.0. The van der Waals surface area contributed by atoms with Crippen LogP contribution in [0.3, 0.4) is 0 Å². The molecule has 5 nitrogen and oxygen atoms in total. The Hall–Kier alpha value is -7.41. The van der Waals surface area contributed by atoms with Crippen molar-refractivity contribution in [2.75, 3.05) is 0 Å². The van der Waals surface area contributed by atoms with Crippen molar-refractivity contribution in [2.24, 2.45) is 0 Å². The number of fused-ring (bicyclic) bond motifs is 9. The van der Waals surface area contributed by atoms with Gasteiger partial charge < -0.3 is 0 Å². The van der Waals surface area contributed by atoms with Crippen LogP contribution in [0.5, 0.6) is 0 Å². The van der Waals surface area contributed by atoms with E-state index in [9.17, 15) is 9.60 Å². The van der Waals surface area contributed by atoms with Crippen LogP contribution >= 0.6 is 11.3 Å². The molecule has 0 bridgehead atoms. The van der Waals surface area contributed by atoms with Gasteiger partial charge in [-0.15, -0.1) is 11.3 Å². The summed E-state index contributed by atoms with van der Waals surface area (Å²) in [4.78, 5) is 14.5. The van der Waals surface area contributed by atoms with E-state index < -0.39 is 160 Å². The zero-order valence-corrected chi connectivity index (χ0v) is 29.8. The Bertz CT molecular complexity index is 4600. The van der Waals surface area contributed by atoms with Gasteiger partial charge in [0.2, 0.25) is 11.9 Å². The van der Waals surface area contributed by atoms with E-state index >= 15 is 0 Å². The molecule has 266 valence electrons. The molecule has 4 heterocycles. The fourth-order valence-corrected chi connectivity index (χ4v) is 8.53. The average molecular weight is 766 g/mol. The predicted molar refractivity (Wildman–Crippen MR) is 238 cm³/mol. The SMILES string of the molecule is [2H]c1c([2H])c([2H])c(-c2c([2H])c([2H])c3c4c([2H])c([2H])c([2H])c([2H])c4n(-c4nc(-c5ccc(-c6cccc7c6sc6ccccc67)cc5)nc(-n5c6c([2H])c([2H])c([2H])c([2H])c6c6c([2H])c([2H])c([2H])c([2H])c65)n4)c3c2[2H])c([2H])c1[2H]. The van der Waals surface area contributed by atoms with Gasteiger partial charge in [0.25, 0.3) is 0 Å². The van der Waals surface area contributed by atoms with Crippen molar-refractivity contribution < 1.29 is 27.4 Å². The molecule has 0 aliphatic rings. The first-order chi connectivity index (χ1) is 36.6. The smallest absolute Gasteiger partial charge is 0.240 e. The van der Waals surface area contributed by atoms with Crippen LogP contribution in [-0.4, -0.2) is 24.1 Å². The van der Waals surface area contributed by atoms with E-state index in [0.717, 1.165) is 40.4 Å². The van der Waals surface area contributed by atoms with E-state index in [4.69, 9.17) is 32.8 Å². The molecular formula is C51H31N5S. The third kappa shape index (κ3) is 4.98. The number of thiophene rings is 1. The van der Waals surface area contributed by atoms with E-state index in [2.05, 4.69) is 0 Å². The van der Waals surface area contributed by atoms with Crippen molar-refractivity contribution in [3.05, 3.63) is 188 Å². The Morgan fingerprint density at radius 2 is 0.965 bits per heavy atom. The minimum absolute atomic E-state index is 0.218. The van der Waals surface area contributed by atoms with E-state index in [-0.39, 0.29) is 38.6 Å². The molecule has 0 fully saturated rings. The monoisotopic (exact) mass is 765 g/mol. The Kier molecular flexibility index (Phi) is 3.97. The summed E-state index contributed by atoms with van der Waals surface area (Å²) in [6.45, 7) is 0. The quantitative estimate of drug-likeness (QED) is 0.175. The molecule has 8 aromatic carbocycles. The highest BCUT2D eigenvalue weighted by atomic mass is 32.1. The second-order valence-electron chi connectivity index (χ2n) is 12.9. The van der Waals surface area contributed by atoms with Gasteiger partial charge in [-0.25, -0.2) is 0 Å². The summed E-state index contributed by atoms with van der Waals surface area (Å²) in [6, 6.07) is 5.93. The largest absolute Gasteiger partial charge is 0.278 e. The molecule has 0 saturated carbocycles. The molecule has 0 saturated heterocycles. The Morgan fingerprint density at radius 3 is 1.65 bits per heavy atom. The zero-order chi connectivity index (χ0) is 54.9. The summed E-state index contributed by atoms with van der Waals surface area (Å²) in [5.74, 6) is -1.34. The van der Waals surface area contributed by atoms with Gasteiger partial charge in [0.1, 0.15) is 0 Å². The molecule has 0 aliphatic heterocycles. The first-order valence-corrected chi connectivity index (χ1v) is 18.3. The summed E-state index contributed by atoms with van der Waals surface area (Å²) in [7, 11) is 0. The van der Waals surface area contributed by atoms with Crippen LogP contribution in [0.25, 0.3) is 109 Å². The van der Waals surface area contributed by atoms with E-state index in [1.807, 2.05) is 42.5 Å². The maximum atomic E-state index is 9.87.